The van der Waals surface area contributed by atoms with E-state index < -0.39 is 0 Å². The third kappa shape index (κ3) is 3.84. The lowest BCUT2D eigenvalue weighted by molar-refractivity contribution is 0.181. The van der Waals surface area contributed by atoms with Gasteiger partial charge in [-0.3, -0.25) is 0 Å². The molecular weight excluding hydrogens is 102 g/mol. The molecule has 0 aliphatic carbocycles. The van der Waals surface area contributed by atoms with E-state index in [0.29, 0.717) is 6.61 Å². The second-order valence-electron chi connectivity index (χ2n) is 1.74. The van der Waals surface area contributed by atoms with Crippen molar-refractivity contribution in [2.75, 3.05) is 13.7 Å². The monoisotopic (exact) mass is 115 g/mol. The zero-order valence-electron chi connectivity index (χ0n) is 5.26. The largest absolute Gasteiger partial charge is 0.383 e. The van der Waals surface area contributed by atoms with Gasteiger partial charge in [0.2, 0.25) is 0 Å². The molecule has 2 N–H and O–H groups in total. The van der Waals surface area contributed by atoms with Crippen LogP contribution in [0, 0.1) is 0 Å². The van der Waals surface area contributed by atoms with Crippen molar-refractivity contribution in [3.63, 3.8) is 0 Å². The molecule has 1 atom stereocenters. The van der Waals surface area contributed by atoms with Gasteiger partial charge >= 0.3 is 0 Å². The van der Waals surface area contributed by atoms with E-state index in [9.17, 15) is 0 Å². The summed E-state index contributed by atoms with van der Waals surface area (Å²) in [6, 6.07) is 0.123. The van der Waals surface area contributed by atoms with Crippen LogP contribution < -0.4 is 5.73 Å². The number of rotatable bonds is 4. The second kappa shape index (κ2) is 4.81. The van der Waals surface area contributed by atoms with Crippen LogP contribution in [0.3, 0.4) is 0 Å². The van der Waals surface area contributed by atoms with Crippen LogP contribution >= 0.6 is 0 Å². The first kappa shape index (κ1) is 7.66. The Bertz CT molecular complexity index is 63.5. The molecule has 0 fully saturated rings. The summed E-state index contributed by atoms with van der Waals surface area (Å²) >= 11 is 0. The molecule has 2 heteroatoms. The van der Waals surface area contributed by atoms with Crippen LogP contribution in [0.4, 0.5) is 0 Å². The van der Waals surface area contributed by atoms with Crippen LogP contribution in [0.5, 0.6) is 0 Å². The van der Waals surface area contributed by atoms with E-state index in [1.165, 1.54) is 0 Å². The third-order valence-corrected chi connectivity index (χ3v) is 0.850. The Kier molecular flexibility index (Phi) is 4.61. The Morgan fingerprint density at radius 3 is 2.88 bits per heavy atom. The number of hydrogen-bond acceptors (Lipinski definition) is 2. The minimum Gasteiger partial charge on any atom is -0.383 e. The van der Waals surface area contributed by atoms with Crippen LogP contribution in [0.1, 0.15) is 6.42 Å². The van der Waals surface area contributed by atoms with Gasteiger partial charge in [0.25, 0.3) is 0 Å². The van der Waals surface area contributed by atoms with Crippen molar-refractivity contribution in [3.05, 3.63) is 12.7 Å². The van der Waals surface area contributed by atoms with E-state index in [1.807, 2.05) is 0 Å². The van der Waals surface area contributed by atoms with Crippen LogP contribution in [-0.2, 0) is 4.74 Å². The minimum absolute atomic E-state index is 0.123. The molecule has 48 valence electrons. The quantitative estimate of drug-likeness (QED) is 0.542. The van der Waals surface area contributed by atoms with Crippen molar-refractivity contribution in [2.24, 2.45) is 5.73 Å². The van der Waals surface area contributed by atoms with Gasteiger partial charge in [-0.25, -0.2) is 0 Å². The predicted molar refractivity (Wildman–Crippen MR) is 34.7 cm³/mol. The molecule has 0 saturated carbocycles. The number of hydrogen-bond donors (Lipinski definition) is 1. The maximum atomic E-state index is 5.50. The first-order valence-electron chi connectivity index (χ1n) is 2.66. The molecule has 0 amide bonds. The molecule has 0 spiro atoms. The minimum atomic E-state index is 0.123. The maximum Gasteiger partial charge on any atom is 0.0616 e. The molecule has 0 aliphatic heterocycles. The fraction of sp³-hybridized carbons (Fsp3) is 0.667. The van der Waals surface area contributed by atoms with Crippen molar-refractivity contribution in [2.45, 2.75) is 12.5 Å². The molecule has 2 nitrogen and oxygen atoms in total. The highest BCUT2D eigenvalue weighted by molar-refractivity contribution is 4.74. The van der Waals surface area contributed by atoms with Gasteiger partial charge in [-0.15, -0.1) is 6.58 Å². The average Bonchev–Trinajstić information content (AvgIpc) is 1.68. The average molecular weight is 115 g/mol. The molecule has 0 bridgehead atoms. The first-order valence-corrected chi connectivity index (χ1v) is 2.66. The highest BCUT2D eigenvalue weighted by Gasteiger charge is 1.94. The maximum absolute atomic E-state index is 5.50. The van der Waals surface area contributed by atoms with Gasteiger partial charge < -0.3 is 10.5 Å². The topological polar surface area (TPSA) is 35.2 Å². The zero-order chi connectivity index (χ0) is 6.41. The molecule has 8 heavy (non-hydrogen) atoms. The van der Waals surface area contributed by atoms with Gasteiger partial charge in [-0.05, 0) is 6.42 Å². The number of nitrogens with two attached hydrogens (primary N) is 1. The Balaban J connectivity index is 3.03. The second-order valence-corrected chi connectivity index (χ2v) is 1.74. The molecule has 0 aromatic heterocycles. The van der Waals surface area contributed by atoms with Gasteiger partial charge in [0.1, 0.15) is 0 Å². The van der Waals surface area contributed by atoms with E-state index >= 15 is 0 Å². The normalized spacial score (nSPS) is 13.2. The molecule has 0 aliphatic rings. The van der Waals surface area contributed by atoms with Crippen LogP contribution in [0.25, 0.3) is 0 Å². The van der Waals surface area contributed by atoms with Gasteiger partial charge in [0.15, 0.2) is 0 Å². The standard InChI is InChI=1S/C6H13NO/c1-3-4-6(7)5-8-2/h3,6H,1,4-5,7H2,2H3. The van der Waals surface area contributed by atoms with Gasteiger partial charge in [-0.1, -0.05) is 6.08 Å². The van der Waals surface area contributed by atoms with Gasteiger partial charge in [0.05, 0.1) is 6.61 Å². The summed E-state index contributed by atoms with van der Waals surface area (Å²) in [5.74, 6) is 0. The van der Waals surface area contributed by atoms with E-state index in [-0.39, 0.29) is 6.04 Å². The lowest BCUT2D eigenvalue weighted by atomic mass is 10.2. The molecule has 0 rings (SSSR count). The van der Waals surface area contributed by atoms with E-state index in [1.54, 1.807) is 13.2 Å². The molecular formula is C6H13NO. The van der Waals surface area contributed by atoms with Crippen LogP contribution in [-0.4, -0.2) is 19.8 Å². The highest BCUT2D eigenvalue weighted by atomic mass is 16.5. The van der Waals surface area contributed by atoms with Crippen LogP contribution in [0.15, 0.2) is 12.7 Å². The summed E-state index contributed by atoms with van der Waals surface area (Å²) in [6.07, 6.45) is 2.62. The number of methoxy groups -OCH3 is 1. The van der Waals surface area contributed by atoms with Gasteiger partial charge in [0, 0.05) is 13.2 Å². The lowest BCUT2D eigenvalue weighted by Gasteiger charge is -2.04. The molecule has 0 aromatic carbocycles. The summed E-state index contributed by atoms with van der Waals surface area (Å²) in [6.45, 7) is 4.16. The van der Waals surface area contributed by atoms with Crippen LogP contribution in [0.2, 0.25) is 0 Å². The third-order valence-electron chi connectivity index (χ3n) is 0.850. The van der Waals surface area contributed by atoms with Crippen molar-refractivity contribution in [1.82, 2.24) is 0 Å². The number of ether oxygens (including phenoxy) is 1. The van der Waals surface area contributed by atoms with Crippen molar-refractivity contribution < 1.29 is 4.74 Å². The highest BCUT2D eigenvalue weighted by Crippen LogP contribution is 1.86. The lowest BCUT2D eigenvalue weighted by Crippen LogP contribution is -2.24. The molecule has 0 heterocycles. The summed E-state index contributed by atoms with van der Waals surface area (Å²) in [5, 5.41) is 0. The Morgan fingerprint density at radius 2 is 2.50 bits per heavy atom. The SMILES string of the molecule is C=CCC(N)COC. The Labute approximate surface area is 50.3 Å². The molecule has 0 radical (unpaired) electrons. The molecule has 1 unspecified atom stereocenters. The predicted octanol–water partition coefficient (Wildman–Crippen LogP) is 0.536. The summed E-state index contributed by atoms with van der Waals surface area (Å²) in [5.41, 5.74) is 5.50. The van der Waals surface area contributed by atoms with Crippen molar-refractivity contribution in [3.8, 4) is 0 Å². The van der Waals surface area contributed by atoms with E-state index in [0.717, 1.165) is 6.42 Å². The fourth-order valence-corrected chi connectivity index (χ4v) is 0.496. The van der Waals surface area contributed by atoms with Crippen molar-refractivity contribution in [1.29, 1.82) is 0 Å². The van der Waals surface area contributed by atoms with E-state index in [2.05, 4.69) is 6.58 Å². The molecule has 0 saturated heterocycles. The summed E-state index contributed by atoms with van der Waals surface area (Å²) < 4.78 is 4.78. The smallest absolute Gasteiger partial charge is 0.0616 e. The Morgan fingerprint density at radius 1 is 1.88 bits per heavy atom. The fourth-order valence-electron chi connectivity index (χ4n) is 0.496. The zero-order valence-corrected chi connectivity index (χ0v) is 5.26. The summed E-state index contributed by atoms with van der Waals surface area (Å²) in [7, 11) is 1.64. The molecule has 0 aromatic rings. The summed E-state index contributed by atoms with van der Waals surface area (Å²) in [4.78, 5) is 0. The van der Waals surface area contributed by atoms with Gasteiger partial charge in [-0.2, -0.15) is 0 Å². The van der Waals surface area contributed by atoms with E-state index in [4.69, 9.17) is 10.5 Å². The first-order chi connectivity index (χ1) is 3.81. The Hall–Kier alpha value is -0.340. The van der Waals surface area contributed by atoms with Crippen molar-refractivity contribution >= 4 is 0 Å².